The molecule has 0 aromatic heterocycles. The molecule has 0 atom stereocenters. The molecule has 0 unspecified atom stereocenters. The van der Waals surface area contributed by atoms with Gasteiger partial charge in [0.2, 0.25) is 0 Å². The molecule has 0 bridgehead atoms. The topological polar surface area (TPSA) is 44.5 Å². The molecule has 0 heterocycles. The average molecular weight is 251 g/mol. The van der Waals surface area contributed by atoms with Crippen molar-refractivity contribution in [1.29, 1.82) is 0 Å². The second kappa shape index (κ2) is 6.64. The SMILES string of the molecule is CCOc1ccc(C(N)(CC)CC)cc1OCC. The Hall–Kier alpha value is -1.22. The van der Waals surface area contributed by atoms with Crippen LogP contribution in [0.1, 0.15) is 46.1 Å². The molecule has 0 aliphatic heterocycles. The molecule has 2 N–H and O–H groups in total. The van der Waals surface area contributed by atoms with Crippen LogP contribution in [0.15, 0.2) is 18.2 Å². The highest BCUT2D eigenvalue weighted by Gasteiger charge is 2.24. The van der Waals surface area contributed by atoms with Gasteiger partial charge in [-0.2, -0.15) is 0 Å². The molecule has 0 amide bonds. The van der Waals surface area contributed by atoms with E-state index < -0.39 is 0 Å². The predicted molar refractivity (Wildman–Crippen MR) is 75.2 cm³/mol. The Morgan fingerprint density at radius 3 is 2.00 bits per heavy atom. The molecule has 1 aromatic carbocycles. The van der Waals surface area contributed by atoms with Crippen LogP contribution in [0.25, 0.3) is 0 Å². The number of hydrogen-bond donors (Lipinski definition) is 1. The normalized spacial score (nSPS) is 11.4. The van der Waals surface area contributed by atoms with Gasteiger partial charge < -0.3 is 15.2 Å². The molecule has 0 saturated heterocycles. The van der Waals surface area contributed by atoms with Gasteiger partial charge in [0.15, 0.2) is 11.5 Å². The molecule has 102 valence electrons. The van der Waals surface area contributed by atoms with Gasteiger partial charge in [-0.1, -0.05) is 19.9 Å². The van der Waals surface area contributed by atoms with Gasteiger partial charge in [-0.3, -0.25) is 0 Å². The summed E-state index contributed by atoms with van der Waals surface area (Å²) in [7, 11) is 0. The van der Waals surface area contributed by atoms with Crippen molar-refractivity contribution in [1.82, 2.24) is 0 Å². The second-order valence-electron chi connectivity index (χ2n) is 4.39. The molecular formula is C15H25NO2. The average Bonchev–Trinajstić information content (AvgIpc) is 2.40. The van der Waals surface area contributed by atoms with Crippen LogP contribution in [-0.4, -0.2) is 13.2 Å². The molecule has 1 aromatic rings. The highest BCUT2D eigenvalue weighted by Crippen LogP contribution is 2.34. The molecule has 0 aliphatic rings. The van der Waals surface area contributed by atoms with E-state index in [0.29, 0.717) is 13.2 Å². The van der Waals surface area contributed by atoms with Crippen LogP contribution in [-0.2, 0) is 5.54 Å². The standard InChI is InChI=1S/C15H25NO2/c1-5-15(16,6-2)12-9-10-13(17-7-3)14(11-12)18-8-4/h9-11H,5-8,16H2,1-4H3. The molecule has 18 heavy (non-hydrogen) atoms. The van der Waals surface area contributed by atoms with Gasteiger partial charge >= 0.3 is 0 Å². The van der Waals surface area contributed by atoms with Crippen molar-refractivity contribution < 1.29 is 9.47 Å². The van der Waals surface area contributed by atoms with E-state index in [0.717, 1.165) is 29.9 Å². The third kappa shape index (κ3) is 3.16. The minimum absolute atomic E-state index is 0.281. The molecular weight excluding hydrogens is 226 g/mol. The van der Waals surface area contributed by atoms with E-state index in [1.807, 2.05) is 32.0 Å². The Balaban J connectivity index is 3.13. The number of nitrogens with two attached hydrogens (primary N) is 1. The van der Waals surface area contributed by atoms with Crippen molar-refractivity contribution in [2.24, 2.45) is 5.73 Å². The van der Waals surface area contributed by atoms with E-state index >= 15 is 0 Å². The fourth-order valence-electron chi connectivity index (χ4n) is 2.02. The fourth-order valence-corrected chi connectivity index (χ4v) is 2.02. The van der Waals surface area contributed by atoms with Gasteiger partial charge in [-0.25, -0.2) is 0 Å². The highest BCUT2D eigenvalue weighted by atomic mass is 16.5. The largest absolute Gasteiger partial charge is 0.490 e. The second-order valence-corrected chi connectivity index (χ2v) is 4.39. The summed E-state index contributed by atoms with van der Waals surface area (Å²) in [6.07, 6.45) is 1.81. The molecule has 0 radical (unpaired) electrons. The summed E-state index contributed by atoms with van der Waals surface area (Å²) < 4.78 is 11.2. The molecule has 1 rings (SSSR count). The van der Waals surface area contributed by atoms with Crippen molar-refractivity contribution in [2.75, 3.05) is 13.2 Å². The van der Waals surface area contributed by atoms with Crippen LogP contribution in [0, 0.1) is 0 Å². The minimum Gasteiger partial charge on any atom is -0.490 e. The van der Waals surface area contributed by atoms with Gasteiger partial charge in [0.05, 0.1) is 13.2 Å². The summed E-state index contributed by atoms with van der Waals surface area (Å²) in [4.78, 5) is 0. The Morgan fingerprint density at radius 1 is 0.944 bits per heavy atom. The molecule has 3 heteroatoms. The van der Waals surface area contributed by atoms with Gasteiger partial charge in [0, 0.05) is 5.54 Å². The first-order valence-electron chi connectivity index (χ1n) is 6.80. The summed E-state index contributed by atoms with van der Waals surface area (Å²) in [5, 5.41) is 0. The molecule has 3 nitrogen and oxygen atoms in total. The first-order valence-corrected chi connectivity index (χ1v) is 6.80. The maximum atomic E-state index is 6.41. The molecule has 0 spiro atoms. The zero-order chi connectivity index (χ0) is 13.6. The van der Waals surface area contributed by atoms with Gasteiger partial charge in [0.25, 0.3) is 0 Å². The summed E-state index contributed by atoms with van der Waals surface area (Å²) in [5.41, 5.74) is 7.24. The van der Waals surface area contributed by atoms with E-state index in [2.05, 4.69) is 13.8 Å². The Kier molecular flexibility index (Phi) is 5.48. The van der Waals surface area contributed by atoms with Gasteiger partial charge in [0.1, 0.15) is 0 Å². The van der Waals surface area contributed by atoms with Crippen LogP contribution < -0.4 is 15.2 Å². The van der Waals surface area contributed by atoms with E-state index in [9.17, 15) is 0 Å². The van der Waals surface area contributed by atoms with Crippen molar-refractivity contribution in [3.63, 3.8) is 0 Å². The van der Waals surface area contributed by atoms with Crippen molar-refractivity contribution >= 4 is 0 Å². The zero-order valence-electron chi connectivity index (χ0n) is 12.0. The number of hydrogen-bond acceptors (Lipinski definition) is 3. The lowest BCUT2D eigenvalue weighted by atomic mass is 9.86. The monoisotopic (exact) mass is 251 g/mol. The van der Waals surface area contributed by atoms with Crippen LogP contribution in [0.2, 0.25) is 0 Å². The van der Waals surface area contributed by atoms with Crippen LogP contribution in [0.4, 0.5) is 0 Å². The van der Waals surface area contributed by atoms with Crippen molar-refractivity contribution in [3.8, 4) is 11.5 Å². The summed E-state index contributed by atoms with van der Waals surface area (Å²) >= 11 is 0. The summed E-state index contributed by atoms with van der Waals surface area (Å²) in [6, 6.07) is 6.01. The van der Waals surface area contributed by atoms with E-state index in [1.165, 1.54) is 0 Å². The van der Waals surface area contributed by atoms with E-state index in [4.69, 9.17) is 15.2 Å². The Bertz CT molecular complexity index is 373. The summed E-state index contributed by atoms with van der Waals surface area (Å²) in [6.45, 7) is 9.42. The van der Waals surface area contributed by atoms with Crippen LogP contribution in [0.3, 0.4) is 0 Å². The van der Waals surface area contributed by atoms with Crippen molar-refractivity contribution in [2.45, 2.75) is 46.1 Å². The number of ether oxygens (including phenoxy) is 2. The lowest BCUT2D eigenvalue weighted by Crippen LogP contribution is -2.35. The molecule has 0 fully saturated rings. The zero-order valence-corrected chi connectivity index (χ0v) is 12.0. The Morgan fingerprint density at radius 2 is 1.50 bits per heavy atom. The third-order valence-corrected chi connectivity index (χ3v) is 3.38. The lowest BCUT2D eigenvalue weighted by Gasteiger charge is -2.28. The molecule has 0 aliphatic carbocycles. The number of rotatable bonds is 7. The predicted octanol–water partition coefficient (Wildman–Crippen LogP) is 3.46. The maximum absolute atomic E-state index is 6.41. The number of benzene rings is 1. The first kappa shape index (κ1) is 14.8. The highest BCUT2D eigenvalue weighted by molar-refractivity contribution is 5.45. The minimum atomic E-state index is -0.281. The van der Waals surface area contributed by atoms with Gasteiger partial charge in [-0.05, 0) is 44.4 Å². The van der Waals surface area contributed by atoms with Crippen LogP contribution >= 0.6 is 0 Å². The maximum Gasteiger partial charge on any atom is 0.161 e. The van der Waals surface area contributed by atoms with E-state index in [1.54, 1.807) is 0 Å². The summed E-state index contributed by atoms with van der Waals surface area (Å²) in [5.74, 6) is 1.58. The van der Waals surface area contributed by atoms with Crippen molar-refractivity contribution in [3.05, 3.63) is 23.8 Å². The smallest absolute Gasteiger partial charge is 0.161 e. The molecule has 0 saturated carbocycles. The quantitative estimate of drug-likeness (QED) is 0.807. The van der Waals surface area contributed by atoms with Crippen LogP contribution in [0.5, 0.6) is 11.5 Å². The first-order chi connectivity index (χ1) is 8.61. The third-order valence-electron chi connectivity index (χ3n) is 3.38. The lowest BCUT2D eigenvalue weighted by molar-refractivity contribution is 0.286. The Labute approximate surface area is 110 Å². The fraction of sp³-hybridized carbons (Fsp3) is 0.600. The van der Waals surface area contributed by atoms with Gasteiger partial charge in [-0.15, -0.1) is 0 Å². The van der Waals surface area contributed by atoms with E-state index in [-0.39, 0.29) is 5.54 Å².